The van der Waals surface area contributed by atoms with Crippen LogP contribution >= 0.6 is 0 Å². The molecule has 1 nitrogen and oxygen atoms in total. The van der Waals surface area contributed by atoms with Crippen LogP contribution in [-0.2, 0) is 10.8 Å². The number of hydrogen-bond donors (Lipinski definition) is 0. The number of hydrogen-bond acceptors (Lipinski definition) is 1. The van der Waals surface area contributed by atoms with Crippen LogP contribution in [0.4, 0.5) is 0 Å². The van der Waals surface area contributed by atoms with Crippen LogP contribution < -0.4 is 16.4 Å². The minimum Gasteiger partial charge on any atom is -0.248 e. The third-order valence-electron chi connectivity index (χ3n) is 16.0. The van der Waals surface area contributed by atoms with E-state index in [1.807, 2.05) is 0 Å². The molecular weight excluding hydrogens is 782 g/mol. The van der Waals surface area contributed by atoms with Gasteiger partial charge in [-0.2, -0.15) is 0 Å². The van der Waals surface area contributed by atoms with Gasteiger partial charge < -0.3 is 0 Å². The molecule has 4 bridgehead atoms. The van der Waals surface area contributed by atoms with E-state index in [4.69, 9.17) is 4.98 Å². The standard InChI is InChI=1S/C63H60BN/c1-41-29-43(3)60(44(4)30-41)64(61-45(5)31-42(2)32-46(61)6)57-18-11-17-54(35-57)53-16-10-15-52(34-53)49-21-25-55(26-22-49)62-36-47-33-48(37-62)39-63(38-47,40-62)56-27-23-51(24-28-56)59-20-12-19-58(65-59)50-13-8-7-9-14-50/h7-32,34-35,47-48H,33,36-40H2,1-6H3. The van der Waals surface area contributed by atoms with Gasteiger partial charge in [0.25, 0.3) is 0 Å². The summed E-state index contributed by atoms with van der Waals surface area (Å²) in [5.74, 6) is 1.59. The van der Waals surface area contributed by atoms with E-state index >= 15 is 0 Å². The van der Waals surface area contributed by atoms with Crippen molar-refractivity contribution < 1.29 is 0 Å². The van der Waals surface area contributed by atoms with E-state index in [-0.39, 0.29) is 17.5 Å². The Kier molecular flexibility index (Phi) is 10.4. The molecule has 0 radical (unpaired) electrons. The predicted molar refractivity (Wildman–Crippen MR) is 276 cm³/mol. The second-order valence-electron chi connectivity index (χ2n) is 20.7. The van der Waals surface area contributed by atoms with Crippen LogP contribution in [0, 0.1) is 53.4 Å². The van der Waals surface area contributed by atoms with Crippen molar-refractivity contribution >= 4 is 23.1 Å². The lowest BCUT2D eigenvalue weighted by Crippen LogP contribution is -2.55. The lowest BCUT2D eigenvalue weighted by molar-refractivity contribution is -0.0281. The van der Waals surface area contributed by atoms with E-state index in [2.05, 4.69) is 211 Å². The van der Waals surface area contributed by atoms with Crippen LogP contribution in [0.3, 0.4) is 0 Å². The van der Waals surface area contributed by atoms with Gasteiger partial charge in [0.2, 0.25) is 6.71 Å². The molecule has 12 rings (SSSR count). The van der Waals surface area contributed by atoms with E-state index in [1.165, 1.54) is 122 Å². The Bertz CT molecular complexity index is 2950. The third kappa shape index (κ3) is 7.59. The lowest BCUT2D eigenvalue weighted by Gasteiger charge is -2.63. The molecule has 0 N–H and O–H groups in total. The molecule has 7 aromatic carbocycles. The Balaban J connectivity index is 0.873. The first-order valence-electron chi connectivity index (χ1n) is 24.1. The Morgan fingerprint density at radius 3 is 1.34 bits per heavy atom. The second kappa shape index (κ2) is 16.3. The van der Waals surface area contributed by atoms with E-state index < -0.39 is 0 Å². The maximum absolute atomic E-state index is 5.08. The largest absolute Gasteiger partial charge is 0.248 e. The highest BCUT2D eigenvalue weighted by atomic mass is 14.7. The molecular formula is C63H60BN. The molecule has 320 valence electrons. The third-order valence-corrected chi connectivity index (χ3v) is 16.0. The molecule has 1 heterocycles. The number of rotatable bonds is 9. The zero-order valence-electron chi connectivity index (χ0n) is 39.1. The van der Waals surface area contributed by atoms with Gasteiger partial charge in [0.15, 0.2) is 0 Å². The van der Waals surface area contributed by atoms with Gasteiger partial charge in [-0.3, -0.25) is 0 Å². The van der Waals surface area contributed by atoms with E-state index in [0.29, 0.717) is 0 Å². The number of nitrogens with zero attached hydrogens (tertiary/aromatic N) is 1. The van der Waals surface area contributed by atoms with Crippen molar-refractivity contribution in [2.24, 2.45) is 11.8 Å². The zero-order chi connectivity index (χ0) is 44.5. The smallest absolute Gasteiger partial charge is 0.242 e. The molecule has 2 heteroatoms. The maximum Gasteiger partial charge on any atom is 0.242 e. The van der Waals surface area contributed by atoms with Crippen LogP contribution in [0.15, 0.2) is 170 Å². The van der Waals surface area contributed by atoms with Crippen LogP contribution in [0.2, 0.25) is 0 Å². The van der Waals surface area contributed by atoms with Gasteiger partial charge in [0.05, 0.1) is 11.4 Å². The summed E-state index contributed by atoms with van der Waals surface area (Å²) in [6.45, 7) is 13.8. The minimum absolute atomic E-state index is 0.148. The number of aryl methyl sites for hydroxylation is 6. The average Bonchev–Trinajstić information content (AvgIpc) is 3.30. The van der Waals surface area contributed by atoms with Gasteiger partial charge in [0.1, 0.15) is 0 Å². The van der Waals surface area contributed by atoms with Crippen LogP contribution in [0.1, 0.15) is 83.0 Å². The molecule has 8 aromatic rings. The monoisotopic (exact) mass is 841 g/mol. The first-order chi connectivity index (χ1) is 31.5. The number of aromatic nitrogens is 1. The first-order valence-corrected chi connectivity index (χ1v) is 24.1. The molecule has 2 atom stereocenters. The Labute approximate surface area is 388 Å². The van der Waals surface area contributed by atoms with E-state index in [0.717, 1.165) is 28.8 Å². The highest BCUT2D eigenvalue weighted by molar-refractivity contribution is 6.96. The normalized spacial score (nSPS) is 20.8. The predicted octanol–water partition coefficient (Wildman–Crippen LogP) is 13.9. The SMILES string of the molecule is Cc1cc(C)c(B(c2cccc(-c3cccc(-c4ccc(C56CC7CC(C5)CC(c5ccc(-c8cccc(-c9ccccc9)n8)cc5)(C7)C6)cc4)c3)c2)c2c(C)cc(C)cc2C)c(C)c1. The first kappa shape index (κ1) is 41.5. The van der Waals surface area contributed by atoms with Gasteiger partial charge in [-0.15, -0.1) is 0 Å². The molecule has 0 saturated heterocycles. The van der Waals surface area contributed by atoms with Gasteiger partial charge in [-0.1, -0.05) is 201 Å². The summed E-state index contributed by atoms with van der Waals surface area (Å²) in [6.07, 6.45) is 7.97. The summed E-state index contributed by atoms with van der Waals surface area (Å²) in [4.78, 5) is 5.08. The minimum atomic E-state index is 0.148. The summed E-state index contributed by atoms with van der Waals surface area (Å²) >= 11 is 0. The number of benzene rings is 7. The summed E-state index contributed by atoms with van der Waals surface area (Å²) in [7, 11) is 0. The lowest BCUT2D eigenvalue weighted by atomic mass is 9.34. The summed E-state index contributed by atoms with van der Waals surface area (Å²) in [5, 5.41) is 0. The molecule has 0 aliphatic heterocycles. The van der Waals surface area contributed by atoms with Crippen LogP contribution in [0.25, 0.3) is 44.8 Å². The van der Waals surface area contributed by atoms with Crippen molar-refractivity contribution in [3.8, 4) is 44.8 Å². The van der Waals surface area contributed by atoms with Gasteiger partial charge in [0, 0.05) is 11.1 Å². The molecule has 4 fully saturated rings. The Morgan fingerprint density at radius 2 is 0.815 bits per heavy atom. The molecule has 4 aliphatic rings. The molecule has 4 saturated carbocycles. The van der Waals surface area contributed by atoms with Crippen LogP contribution in [0.5, 0.6) is 0 Å². The van der Waals surface area contributed by atoms with Crippen molar-refractivity contribution in [1.29, 1.82) is 0 Å². The van der Waals surface area contributed by atoms with Crippen molar-refractivity contribution in [2.75, 3.05) is 0 Å². The zero-order valence-corrected chi connectivity index (χ0v) is 39.1. The summed E-state index contributed by atoms with van der Waals surface area (Å²) in [5.41, 5.74) is 25.4. The molecule has 1 aromatic heterocycles. The van der Waals surface area contributed by atoms with Gasteiger partial charge in [-0.05, 0) is 154 Å². The van der Waals surface area contributed by atoms with E-state index in [9.17, 15) is 0 Å². The number of pyridine rings is 1. The fraction of sp³-hybridized carbons (Fsp3) is 0.254. The Morgan fingerprint density at radius 1 is 0.400 bits per heavy atom. The topological polar surface area (TPSA) is 12.9 Å². The van der Waals surface area contributed by atoms with Crippen molar-refractivity contribution in [3.63, 3.8) is 0 Å². The highest BCUT2D eigenvalue weighted by Crippen LogP contribution is 2.66. The van der Waals surface area contributed by atoms with Crippen molar-refractivity contribution in [1.82, 2.24) is 4.98 Å². The van der Waals surface area contributed by atoms with Crippen LogP contribution in [-0.4, -0.2) is 11.7 Å². The molecule has 4 aliphatic carbocycles. The second-order valence-corrected chi connectivity index (χ2v) is 20.7. The molecule has 0 spiro atoms. The molecule has 65 heavy (non-hydrogen) atoms. The Hall–Kier alpha value is -6.25. The summed E-state index contributed by atoms with van der Waals surface area (Å²) in [6, 6.07) is 64.4. The highest BCUT2D eigenvalue weighted by Gasteiger charge is 2.58. The van der Waals surface area contributed by atoms with Gasteiger partial charge >= 0.3 is 0 Å². The van der Waals surface area contributed by atoms with Gasteiger partial charge in [-0.25, -0.2) is 4.98 Å². The maximum atomic E-state index is 5.08. The molecule has 2 unspecified atom stereocenters. The van der Waals surface area contributed by atoms with E-state index in [1.54, 1.807) is 5.56 Å². The fourth-order valence-corrected chi connectivity index (χ4v) is 13.9. The van der Waals surface area contributed by atoms with Crippen molar-refractivity contribution in [2.45, 2.75) is 90.9 Å². The quantitative estimate of drug-likeness (QED) is 0.132. The average molecular weight is 842 g/mol. The fourth-order valence-electron chi connectivity index (χ4n) is 13.9. The van der Waals surface area contributed by atoms with Crippen molar-refractivity contribution in [3.05, 3.63) is 214 Å². The summed E-state index contributed by atoms with van der Waals surface area (Å²) < 4.78 is 0. The molecule has 0 amide bonds.